The van der Waals surface area contributed by atoms with Crippen LogP contribution in [0, 0.1) is 20.8 Å². The van der Waals surface area contributed by atoms with Crippen LogP contribution in [0.3, 0.4) is 0 Å². The maximum atomic E-state index is 13.4. The van der Waals surface area contributed by atoms with Gasteiger partial charge in [-0.25, -0.2) is 0 Å². The molecule has 0 spiro atoms. The van der Waals surface area contributed by atoms with E-state index in [1.165, 1.54) is 13.2 Å². The zero-order valence-corrected chi connectivity index (χ0v) is 20.0. The molecule has 0 radical (unpaired) electrons. The first-order valence-electron chi connectivity index (χ1n) is 9.50. The molecule has 0 aromatic heterocycles. The number of hydrogen-bond donors (Lipinski definition) is 0. The third-order valence-corrected chi connectivity index (χ3v) is 7.44. The van der Waals surface area contributed by atoms with E-state index < -0.39 is 13.3 Å². The molecule has 160 valence electrons. The monoisotopic (exact) mass is 474 g/mol. The van der Waals surface area contributed by atoms with E-state index in [4.69, 9.17) is 27.9 Å². The quantitative estimate of drug-likeness (QED) is 0.316. The largest absolute Gasteiger partial charge is 0.494 e. The second-order valence-electron chi connectivity index (χ2n) is 7.26. The van der Waals surface area contributed by atoms with Crippen molar-refractivity contribution >= 4 is 47.6 Å². The molecule has 1 atom stereocenters. The van der Waals surface area contributed by atoms with Crippen molar-refractivity contribution < 1.29 is 18.9 Å². The molecule has 0 saturated carbocycles. The minimum atomic E-state index is -3.10. The Hall–Kier alpha value is -2.39. The predicted molar refractivity (Wildman–Crippen MR) is 127 cm³/mol. The van der Waals surface area contributed by atoms with Gasteiger partial charge in [-0.2, -0.15) is 0 Å². The highest BCUT2D eigenvalue weighted by atomic mass is 35.5. The standard InChI is InChI=1S/C24H21Cl2O4P/c1-13-10-14(2)19(15(3)11-13)24(28)31(29)23-18(25)12-17(20(26)22(23)30-4)21(27)16-8-6-5-7-9-16/h5-12,31H,1-4H3. The molecular weight excluding hydrogens is 454 g/mol. The van der Waals surface area contributed by atoms with Crippen molar-refractivity contribution in [1.29, 1.82) is 0 Å². The van der Waals surface area contributed by atoms with Gasteiger partial charge in [-0.15, -0.1) is 0 Å². The number of benzene rings is 3. The molecule has 31 heavy (non-hydrogen) atoms. The number of aryl methyl sites for hydroxylation is 3. The molecule has 0 heterocycles. The third kappa shape index (κ3) is 4.48. The second kappa shape index (κ2) is 9.40. The van der Waals surface area contributed by atoms with Crippen LogP contribution in [0.4, 0.5) is 0 Å². The van der Waals surface area contributed by atoms with Crippen LogP contribution >= 0.6 is 31.0 Å². The number of ketones is 1. The predicted octanol–water partition coefficient (Wildman–Crippen LogP) is 6.18. The summed E-state index contributed by atoms with van der Waals surface area (Å²) < 4.78 is 18.7. The minimum Gasteiger partial charge on any atom is -0.494 e. The molecule has 0 amide bonds. The van der Waals surface area contributed by atoms with E-state index in [-0.39, 0.29) is 32.4 Å². The van der Waals surface area contributed by atoms with Crippen molar-refractivity contribution in [2.75, 3.05) is 7.11 Å². The molecule has 0 aliphatic carbocycles. The van der Waals surface area contributed by atoms with Gasteiger partial charge in [0.15, 0.2) is 19.3 Å². The van der Waals surface area contributed by atoms with Crippen molar-refractivity contribution in [3.8, 4) is 5.75 Å². The van der Waals surface area contributed by atoms with Gasteiger partial charge in [0.2, 0.25) is 5.52 Å². The van der Waals surface area contributed by atoms with Gasteiger partial charge < -0.3 is 9.30 Å². The molecule has 3 aromatic rings. The highest BCUT2D eigenvalue weighted by Crippen LogP contribution is 2.41. The Morgan fingerprint density at radius 1 is 0.935 bits per heavy atom. The SMILES string of the molecule is COc1c(Cl)c(C(=O)c2ccccc2)cc(Cl)c1[PH](=O)C(=O)c1c(C)cc(C)cc1C. The molecule has 0 N–H and O–H groups in total. The third-order valence-electron chi connectivity index (χ3n) is 4.99. The molecule has 0 fully saturated rings. The summed E-state index contributed by atoms with van der Waals surface area (Å²) in [6.07, 6.45) is 0. The van der Waals surface area contributed by atoms with Crippen LogP contribution < -0.4 is 10.0 Å². The summed E-state index contributed by atoms with van der Waals surface area (Å²) in [6, 6.07) is 13.6. The summed E-state index contributed by atoms with van der Waals surface area (Å²) in [7, 11) is -1.76. The Balaban J connectivity index is 2.12. The van der Waals surface area contributed by atoms with Gasteiger partial charge in [0.05, 0.1) is 22.5 Å². The highest BCUT2D eigenvalue weighted by molar-refractivity contribution is 7.72. The fourth-order valence-electron chi connectivity index (χ4n) is 3.68. The lowest BCUT2D eigenvalue weighted by atomic mass is 10.0. The summed E-state index contributed by atoms with van der Waals surface area (Å²) >= 11 is 12.9. The molecule has 1 unspecified atom stereocenters. The Kier molecular flexibility index (Phi) is 7.06. The molecule has 0 aliphatic rings. The fraction of sp³-hybridized carbons (Fsp3) is 0.167. The number of halogens is 2. The van der Waals surface area contributed by atoms with E-state index in [0.29, 0.717) is 11.1 Å². The number of ether oxygens (including phenoxy) is 1. The summed E-state index contributed by atoms with van der Waals surface area (Å²) in [6.45, 7) is 5.53. The summed E-state index contributed by atoms with van der Waals surface area (Å²) in [5, 5.41) is -0.00686. The van der Waals surface area contributed by atoms with Gasteiger partial charge in [0.1, 0.15) is 0 Å². The van der Waals surface area contributed by atoms with Crippen molar-refractivity contribution in [2.45, 2.75) is 20.8 Å². The van der Waals surface area contributed by atoms with Crippen molar-refractivity contribution in [2.24, 2.45) is 0 Å². The topological polar surface area (TPSA) is 60.4 Å². The normalized spacial score (nSPS) is 11.8. The van der Waals surface area contributed by atoms with Gasteiger partial charge in [0.25, 0.3) is 0 Å². The Bertz CT molecular complexity index is 1200. The molecular formula is C24H21Cl2O4P. The summed E-state index contributed by atoms with van der Waals surface area (Å²) in [5.41, 5.74) is 2.88. The maximum absolute atomic E-state index is 13.4. The Morgan fingerprint density at radius 3 is 2.06 bits per heavy atom. The fourth-order valence-corrected chi connectivity index (χ4v) is 6.10. The van der Waals surface area contributed by atoms with Crippen molar-refractivity contribution in [1.82, 2.24) is 0 Å². The van der Waals surface area contributed by atoms with Crippen LogP contribution in [0.2, 0.25) is 10.0 Å². The molecule has 3 rings (SSSR count). The molecule has 0 bridgehead atoms. The van der Waals surface area contributed by atoms with Crippen molar-refractivity contribution in [3.63, 3.8) is 0 Å². The average Bonchev–Trinajstić information content (AvgIpc) is 2.73. The van der Waals surface area contributed by atoms with Crippen LogP contribution in [0.1, 0.15) is 43.0 Å². The zero-order chi connectivity index (χ0) is 22.9. The molecule has 7 heteroatoms. The smallest absolute Gasteiger partial charge is 0.223 e. The lowest BCUT2D eigenvalue weighted by molar-refractivity contribution is 0.103. The minimum absolute atomic E-state index is 0.000174. The van der Waals surface area contributed by atoms with E-state index in [2.05, 4.69) is 0 Å². The lowest BCUT2D eigenvalue weighted by Gasteiger charge is -2.16. The van der Waals surface area contributed by atoms with Crippen LogP contribution in [0.15, 0.2) is 48.5 Å². The summed E-state index contributed by atoms with van der Waals surface area (Å²) in [5.74, 6) is -0.373. The first-order chi connectivity index (χ1) is 14.7. The first-order valence-corrected chi connectivity index (χ1v) is 11.7. The van der Waals surface area contributed by atoms with Crippen LogP contribution in [0.25, 0.3) is 0 Å². The molecule has 4 nitrogen and oxygen atoms in total. The zero-order valence-electron chi connectivity index (χ0n) is 17.5. The van der Waals surface area contributed by atoms with E-state index in [0.717, 1.165) is 16.7 Å². The Labute approximate surface area is 191 Å². The number of carbonyl (C=O) groups is 2. The van der Waals surface area contributed by atoms with Gasteiger partial charge >= 0.3 is 0 Å². The van der Waals surface area contributed by atoms with E-state index in [1.807, 2.05) is 19.1 Å². The molecule has 3 aromatic carbocycles. The maximum Gasteiger partial charge on any atom is 0.223 e. The number of rotatable bonds is 6. The van der Waals surface area contributed by atoms with Crippen molar-refractivity contribution in [3.05, 3.63) is 92.0 Å². The average molecular weight is 475 g/mol. The van der Waals surface area contributed by atoms with E-state index in [1.54, 1.807) is 44.2 Å². The molecule has 0 aliphatic heterocycles. The van der Waals surface area contributed by atoms with Gasteiger partial charge in [0, 0.05) is 16.7 Å². The van der Waals surface area contributed by atoms with Crippen LogP contribution in [-0.4, -0.2) is 18.4 Å². The van der Waals surface area contributed by atoms with Crippen LogP contribution in [0.5, 0.6) is 5.75 Å². The van der Waals surface area contributed by atoms with Crippen LogP contribution in [-0.2, 0) is 4.57 Å². The van der Waals surface area contributed by atoms with E-state index >= 15 is 0 Å². The van der Waals surface area contributed by atoms with E-state index in [9.17, 15) is 14.2 Å². The second-order valence-corrected chi connectivity index (χ2v) is 9.65. The number of carbonyl (C=O) groups excluding carboxylic acids is 2. The first kappa shape index (κ1) is 23.3. The van der Waals surface area contributed by atoms with Gasteiger partial charge in [-0.05, 0) is 38.0 Å². The lowest BCUT2D eigenvalue weighted by Crippen LogP contribution is -2.14. The molecule has 0 saturated heterocycles. The van der Waals surface area contributed by atoms with Gasteiger partial charge in [-0.1, -0.05) is 71.2 Å². The Morgan fingerprint density at radius 2 is 1.52 bits per heavy atom. The van der Waals surface area contributed by atoms with Gasteiger partial charge in [-0.3, -0.25) is 9.59 Å². The summed E-state index contributed by atoms with van der Waals surface area (Å²) in [4.78, 5) is 26.1. The highest BCUT2D eigenvalue weighted by Gasteiger charge is 2.29. The number of methoxy groups -OCH3 is 1. The number of hydrogen-bond acceptors (Lipinski definition) is 4.